The molecule has 1 N–H and O–H groups in total. The average molecular weight is 468 g/mol. The van der Waals surface area contributed by atoms with Crippen LogP contribution in [0.1, 0.15) is 105 Å². The van der Waals surface area contributed by atoms with Crippen molar-refractivity contribution in [1.29, 1.82) is 0 Å². The fraction of sp³-hybridized carbons (Fsp3) is 0.839. The third kappa shape index (κ3) is 4.81. The summed E-state index contributed by atoms with van der Waals surface area (Å²) in [5.74, 6) is 7.58. The highest BCUT2D eigenvalue weighted by atomic mass is 16.6. The van der Waals surface area contributed by atoms with Gasteiger partial charge < -0.3 is 10.1 Å². The molecule has 0 aromatic heterocycles. The van der Waals surface area contributed by atoms with Crippen LogP contribution in [0.5, 0.6) is 0 Å². The second-order valence-corrected chi connectivity index (χ2v) is 13.1. The Labute approximate surface area is 209 Å². The van der Waals surface area contributed by atoms with E-state index in [2.05, 4.69) is 51.9 Å². The van der Waals surface area contributed by atoms with Crippen molar-refractivity contribution in [3.05, 3.63) is 11.6 Å². The Balaban J connectivity index is 1.42. The molecule has 0 aliphatic heterocycles. The SMILES string of the molecule is C#CCNC(=O)O[C@H]1CC[C@@]2(C)C(=CCC3C4CCC([C@H](C)CCCC(C)C)[C@@]4(C)CCC32)C1. The van der Waals surface area contributed by atoms with Crippen molar-refractivity contribution >= 4 is 6.09 Å². The highest BCUT2D eigenvalue weighted by Gasteiger charge is 2.59. The molecule has 0 aromatic carbocycles. The Bertz CT molecular complexity index is 809. The van der Waals surface area contributed by atoms with E-state index in [1.54, 1.807) is 5.57 Å². The van der Waals surface area contributed by atoms with Gasteiger partial charge in [-0.2, -0.15) is 0 Å². The van der Waals surface area contributed by atoms with Crippen molar-refractivity contribution in [2.45, 2.75) is 111 Å². The van der Waals surface area contributed by atoms with Crippen molar-refractivity contribution in [2.24, 2.45) is 46.3 Å². The summed E-state index contributed by atoms with van der Waals surface area (Å²) < 4.78 is 5.71. The van der Waals surface area contributed by atoms with Crippen LogP contribution in [0.25, 0.3) is 0 Å². The lowest BCUT2D eigenvalue weighted by atomic mass is 9.47. The molecule has 34 heavy (non-hydrogen) atoms. The molecule has 0 saturated heterocycles. The summed E-state index contributed by atoms with van der Waals surface area (Å²) in [6, 6.07) is 0. The number of carbonyl (C=O) groups is 1. The Kier molecular flexibility index (Phi) is 7.76. The molecular weight excluding hydrogens is 418 g/mol. The van der Waals surface area contributed by atoms with E-state index in [1.165, 1.54) is 51.4 Å². The topological polar surface area (TPSA) is 38.3 Å². The highest BCUT2D eigenvalue weighted by Crippen LogP contribution is 2.67. The highest BCUT2D eigenvalue weighted by molar-refractivity contribution is 5.67. The fourth-order valence-electron chi connectivity index (χ4n) is 9.07. The first kappa shape index (κ1) is 25.7. The molecule has 4 aliphatic rings. The third-order valence-electron chi connectivity index (χ3n) is 10.9. The standard InChI is InChI=1S/C31H49NO2/c1-7-19-32-29(33)34-24-15-17-30(5)23(20-24)11-12-25-27-14-13-26(22(4)10-8-9-21(2)3)31(27,6)18-16-28(25)30/h1,11,21-22,24-28H,8-10,12-20H2,2-6H3,(H,32,33)/t22-,24+,25?,26?,27?,28?,30+,31-/m1/s1. The zero-order chi connectivity index (χ0) is 24.5. The molecule has 0 radical (unpaired) electrons. The predicted octanol–water partition coefficient (Wildman–Crippen LogP) is 7.76. The predicted molar refractivity (Wildman–Crippen MR) is 140 cm³/mol. The summed E-state index contributed by atoms with van der Waals surface area (Å²) >= 11 is 0. The molecule has 0 heterocycles. The van der Waals surface area contributed by atoms with Gasteiger partial charge in [0.2, 0.25) is 0 Å². The number of alkyl carbamates (subject to hydrolysis) is 1. The quantitative estimate of drug-likeness (QED) is 0.307. The maximum atomic E-state index is 12.0. The average Bonchev–Trinajstić information content (AvgIpc) is 3.15. The van der Waals surface area contributed by atoms with Gasteiger partial charge in [0.1, 0.15) is 6.10 Å². The first-order valence-electron chi connectivity index (χ1n) is 14.3. The molecule has 4 aliphatic carbocycles. The van der Waals surface area contributed by atoms with E-state index in [0.717, 1.165) is 54.8 Å². The Hall–Kier alpha value is -1.43. The Morgan fingerprint density at radius 3 is 2.68 bits per heavy atom. The summed E-state index contributed by atoms with van der Waals surface area (Å²) in [5, 5.41) is 2.65. The monoisotopic (exact) mass is 467 g/mol. The number of hydrogen-bond donors (Lipinski definition) is 1. The van der Waals surface area contributed by atoms with Gasteiger partial charge in [-0.1, -0.05) is 71.5 Å². The number of terminal acetylenes is 1. The minimum absolute atomic E-state index is 0.00921. The zero-order valence-electron chi connectivity index (χ0n) is 22.5. The van der Waals surface area contributed by atoms with Crippen molar-refractivity contribution in [3.8, 4) is 12.3 Å². The minimum atomic E-state index is -0.367. The van der Waals surface area contributed by atoms with E-state index in [4.69, 9.17) is 11.2 Å². The fourth-order valence-corrected chi connectivity index (χ4v) is 9.07. The number of rotatable bonds is 7. The molecule has 3 nitrogen and oxygen atoms in total. The zero-order valence-corrected chi connectivity index (χ0v) is 22.5. The van der Waals surface area contributed by atoms with Gasteiger partial charge in [0, 0.05) is 6.42 Å². The Morgan fingerprint density at radius 1 is 1.15 bits per heavy atom. The van der Waals surface area contributed by atoms with Crippen LogP contribution >= 0.6 is 0 Å². The normalized spacial score (nSPS) is 39.8. The molecule has 0 bridgehead atoms. The molecule has 0 aromatic rings. The summed E-state index contributed by atoms with van der Waals surface area (Å²) in [4.78, 5) is 12.0. The first-order valence-corrected chi connectivity index (χ1v) is 14.3. The molecule has 190 valence electrons. The van der Waals surface area contributed by atoms with E-state index < -0.39 is 0 Å². The van der Waals surface area contributed by atoms with Gasteiger partial charge in [-0.25, -0.2) is 4.79 Å². The van der Waals surface area contributed by atoms with Crippen LogP contribution in [-0.2, 0) is 4.74 Å². The second-order valence-electron chi connectivity index (χ2n) is 13.1. The number of nitrogens with one attached hydrogen (secondary N) is 1. The van der Waals surface area contributed by atoms with Crippen LogP contribution in [0.2, 0.25) is 0 Å². The molecule has 3 fully saturated rings. The third-order valence-corrected chi connectivity index (χ3v) is 10.9. The number of ether oxygens (including phenoxy) is 1. The molecule has 3 saturated carbocycles. The molecular formula is C31H49NO2. The number of fused-ring (bicyclic) bond motifs is 5. The largest absolute Gasteiger partial charge is 0.446 e. The van der Waals surface area contributed by atoms with E-state index in [0.29, 0.717) is 10.8 Å². The molecule has 4 unspecified atom stereocenters. The number of amides is 1. The van der Waals surface area contributed by atoms with Crippen molar-refractivity contribution in [3.63, 3.8) is 0 Å². The van der Waals surface area contributed by atoms with Crippen LogP contribution in [0.3, 0.4) is 0 Å². The van der Waals surface area contributed by atoms with Gasteiger partial charge in [-0.05, 0) is 91.3 Å². The van der Waals surface area contributed by atoms with Gasteiger partial charge in [0.05, 0.1) is 6.54 Å². The molecule has 1 amide bonds. The van der Waals surface area contributed by atoms with Crippen LogP contribution in [0.15, 0.2) is 11.6 Å². The summed E-state index contributed by atoms with van der Waals surface area (Å²) in [6.45, 7) is 12.7. The number of carbonyl (C=O) groups excluding carboxylic acids is 1. The molecule has 0 spiro atoms. The summed E-state index contributed by atoms with van der Waals surface area (Å²) in [6.07, 6.45) is 21.6. The molecule has 4 rings (SSSR count). The maximum absolute atomic E-state index is 12.0. The summed E-state index contributed by atoms with van der Waals surface area (Å²) in [7, 11) is 0. The van der Waals surface area contributed by atoms with Crippen LogP contribution in [-0.4, -0.2) is 18.7 Å². The summed E-state index contributed by atoms with van der Waals surface area (Å²) in [5.41, 5.74) is 2.39. The molecule has 8 atom stereocenters. The van der Waals surface area contributed by atoms with Gasteiger partial charge in [0.15, 0.2) is 0 Å². The lowest BCUT2D eigenvalue weighted by molar-refractivity contribution is -0.0581. The van der Waals surface area contributed by atoms with Crippen LogP contribution in [0.4, 0.5) is 4.79 Å². The van der Waals surface area contributed by atoms with Gasteiger partial charge >= 0.3 is 6.09 Å². The second kappa shape index (κ2) is 10.3. The van der Waals surface area contributed by atoms with Crippen molar-refractivity contribution in [2.75, 3.05) is 6.54 Å². The van der Waals surface area contributed by atoms with Crippen molar-refractivity contribution in [1.82, 2.24) is 5.32 Å². The van der Waals surface area contributed by atoms with Crippen molar-refractivity contribution < 1.29 is 9.53 Å². The smallest absolute Gasteiger partial charge is 0.408 e. The van der Waals surface area contributed by atoms with E-state index in [1.807, 2.05) is 0 Å². The van der Waals surface area contributed by atoms with Gasteiger partial charge in [-0.15, -0.1) is 6.42 Å². The number of hydrogen-bond acceptors (Lipinski definition) is 2. The lowest BCUT2D eigenvalue weighted by Crippen LogP contribution is -2.51. The van der Waals surface area contributed by atoms with E-state index in [9.17, 15) is 4.79 Å². The van der Waals surface area contributed by atoms with Gasteiger partial charge in [-0.3, -0.25) is 0 Å². The van der Waals surface area contributed by atoms with Gasteiger partial charge in [0.25, 0.3) is 0 Å². The van der Waals surface area contributed by atoms with Crippen LogP contribution in [0, 0.1) is 58.7 Å². The first-order chi connectivity index (χ1) is 16.2. The van der Waals surface area contributed by atoms with E-state index in [-0.39, 0.29) is 18.7 Å². The number of allylic oxidation sites excluding steroid dienone is 1. The van der Waals surface area contributed by atoms with E-state index >= 15 is 0 Å². The molecule has 3 heteroatoms. The maximum Gasteiger partial charge on any atom is 0.408 e. The van der Waals surface area contributed by atoms with Crippen LogP contribution < -0.4 is 5.32 Å². The lowest BCUT2D eigenvalue weighted by Gasteiger charge is -2.58. The Morgan fingerprint density at radius 2 is 1.94 bits per heavy atom. The minimum Gasteiger partial charge on any atom is -0.446 e.